The molecule has 3 N–H and O–H groups in total. The molecule has 1 saturated heterocycles. The van der Waals surface area contributed by atoms with Gasteiger partial charge in [-0.3, -0.25) is 9.69 Å². The second kappa shape index (κ2) is 5.26. The molecule has 4 nitrogen and oxygen atoms in total. The van der Waals surface area contributed by atoms with Crippen molar-refractivity contribution in [3.8, 4) is 0 Å². The Kier molecular flexibility index (Phi) is 4.28. The van der Waals surface area contributed by atoms with Crippen molar-refractivity contribution in [3.05, 3.63) is 0 Å². The standard InChI is InChI=1S/C9H17N3OS/c1-11-9(13)7-2-4-12(5-3-7)6-8(10)14/h7H,2-6H2,1H3,(H2,10,14)(H,11,13). The summed E-state index contributed by atoms with van der Waals surface area (Å²) in [6, 6.07) is 0. The average molecular weight is 215 g/mol. The van der Waals surface area contributed by atoms with Crippen LogP contribution in [0.3, 0.4) is 0 Å². The van der Waals surface area contributed by atoms with Gasteiger partial charge in [-0.05, 0) is 25.9 Å². The SMILES string of the molecule is CNC(=O)C1CCN(CC(N)=S)CC1. The van der Waals surface area contributed by atoms with Gasteiger partial charge in [0.05, 0.1) is 4.99 Å². The summed E-state index contributed by atoms with van der Waals surface area (Å²) in [5, 5.41) is 2.68. The van der Waals surface area contributed by atoms with Crippen LogP contribution in [0.25, 0.3) is 0 Å². The molecule has 5 heteroatoms. The van der Waals surface area contributed by atoms with E-state index in [1.807, 2.05) is 0 Å². The van der Waals surface area contributed by atoms with E-state index in [-0.39, 0.29) is 11.8 Å². The van der Waals surface area contributed by atoms with Gasteiger partial charge >= 0.3 is 0 Å². The molecule has 0 aromatic carbocycles. The molecule has 0 radical (unpaired) electrons. The number of rotatable bonds is 3. The maximum absolute atomic E-state index is 11.3. The number of carbonyl (C=O) groups is 1. The number of thiocarbonyl (C=S) groups is 1. The molecule has 80 valence electrons. The monoisotopic (exact) mass is 215 g/mol. The van der Waals surface area contributed by atoms with Gasteiger partial charge < -0.3 is 11.1 Å². The minimum absolute atomic E-state index is 0.153. The van der Waals surface area contributed by atoms with E-state index in [4.69, 9.17) is 18.0 Å². The third-order valence-corrected chi connectivity index (χ3v) is 2.71. The van der Waals surface area contributed by atoms with Crippen LogP contribution in [0.2, 0.25) is 0 Å². The maximum Gasteiger partial charge on any atom is 0.222 e. The Morgan fingerprint density at radius 1 is 1.57 bits per heavy atom. The number of nitrogens with two attached hydrogens (primary N) is 1. The highest BCUT2D eigenvalue weighted by molar-refractivity contribution is 7.80. The van der Waals surface area contributed by atoms with Crippen molar-refractivity contribution in [2.75, 3.05) is 26.7 Å². The first-order valence-electron chi connectivity index (χ1n) is 4.85. The lowest BCUT2D eigenvalue weighted by atomic mass is 9.96. The Labute approximate surface area is 89.8 Å². The highest BCUT2D eigenvalue weighted by atomic mass is 32.1. The number of nitrogens with zero attached hydrogens (tertiary/aromatic N) is 1. The lowest BCUT2D eigenvalue weighted by Crippen LogP contribution is -2.42. The van der Waals surface area contributed by atoms with E-state index in [9.17, 15) is 4.79 Å². The first kappa shape index (κ1) is 11.4. The van der Waals surface area contributed by atoms with Crippen LogP contribution in [0.5, 0.6) is 0 Å². The molecule has 0 aliphatic carbocycles. The van der Waals surface area contributed by atoms with E-state index in [0.29, 0.717) is 11.5 Å². The summed E-state index contributed by atoms with van der Waals surface area (Å²) in [6.45, 7) is 2.50. The summed E-state index contributed by atoms with van der Waals surface area (Å²) in [5.74, 6) is 0.322. The average Bonchev–Trinajstić information content (AvgIpc) is 2.17. The Balaban J connectivity index is 2.31. The van der Waals surface area contributed by atoms with Gasteiger partial charge in [0.15, 0.2) is 0 Å². The number of hydrogen-bond donors (Lipinski definition) is 2. The van der Waals surface area contributed by atoms with Crippen LogP contribution in [0.15, 0.2) is 0 Å². The lowest BCUT2D eigenvalue weighted by molar-refractivity contribution is -0.125. The Morgan fingerprint density at radius 3 is 2.57 bits per heavy atom. The van der Waals surface area contributed by atoms with E-state index in [0.717, 1.165) is 25.9 Å². The van der Waals surface area contributed by atoms with Gasteiger partial charge in [0.2, 0.25) is 5.91 Å². The van der Waals surface area contributed by atoms with E-state index in [2.05, 4.69) is 10.2 Å². The number of hydrogen-bond acceptors (Lipinski definition) is 3. The number of piperidine rings is 1. The second-order valence-corrected chi connectivity index (χ2v) is 4.16. The third kappa shape index (κ3) is 3.23. The highest BCUT2D eigenvalue weighted by Gasteiger charge is 2.23. The normalized spacial score (nSPS) is 19.2. The minimum atomic E-state index is 0.153. The molecule has 0 atom stereocenters. The molecule has 1 amide bonds. The van der Waals surface area contributed by atoms with Crippen molar-refractivity contribution in [1.82, 2.24) is 10.2 Å². The maximum atomic E-state index is 11.3. The summed E-state index contributed by atoms with van der Waals surface area (Å²) < 4.78 is 0. The van der Waals surface area contributed by atoms with Crippen LogP contribution < -0.4 is 11.1 Å². The Morgan fingerprint density at radius 2 is 2.14 bits per heavy atom. The first-order chi connectivity index (χ1) is 6.63. The number of amides is 1. The van der Waals surface area contributed by atoms with Crippen molar-refractivity contribution >= 4 is 23.1 Å². The van der Waals surface area contributed by atoms with Crippen molar-refractivity contribution in [2.45, 2.75) is 12.8 Å². The van der Waals surface area contributed by atoms with Gasteiger partial charge in [-0.1, -0.05) is 12.2 Å². The van der Waals surface area contributed by atoms with E-state index >= 15 is 0 Å². The van der Waals surface area contributed by atoms with E-state index in [1.54, 1.807) is 7.05 Å². The predicted octanol–water partition coefficient (Wildman–Crippen LogP) is -0.269. The molecular formula is C9H17N3OS. The fourth-order valence-electron chi connectivity index (χ4n) is 1.78. The van der Waals surface area contributed by atoms with Crippen LogP contribution >= 0.6 is 12.2 Å². The molecule has 0 aromatic rings. The molecule has 14 heavy (non-hydrogen) atoms. The molecule has 0 bridgehead atoms. The summed E-state index contributed by atoms with van der Waals surface area (Å²) >= 11 is 4.84. The molecule has 1 rings (SSSR count). The van der Waals surface area contributed by atoms with E-state index in [1.165, 1.54) is 0 Å². The van der Waals surface area contributed by atoms with Crippen LogP contribution in [0.1, 0.15) is 12.8 Å². The van der Waals surface area contributed by atoms with Crippen LogP contribution in [-0.2, 0) is 4.79 Å². The van der Waals surface area contributed by atoms with Crippen molar-refractivity contribution in [3.63, 3.8) is 0 Å². The van der Waals surface area contributed by atoms with Crippen molar-refractivity contribution in [2.24, 2.45) is 11.7 Å². The third-order valence-electron chi connectivity index (χ3n) is 2.58. The number of carbonyl (C=O) groups excluding carboxylic acids is 1. The first-order valence-corrected chi connectivity index (χ1v) is 5.26. The molecular weight excluding hydrogens is 198 g/mol. The predicted molar refractivity (Wildman–Crippen MR) is 60.0 cm³/mol. The highest BCUT2D eigenvalue weighted by Crippen LogP contribution is 2.16. The number of likely N-dealkylation sites (tertiary alicyclic amines) is 1. The van der Waals surface area contributed by atoms with Gasteiger partial charge in [0, 0.05) is 19.5 Å². The van der Waals surface area contributed by atoms with Gasteiger partial charge in [-0.2, -0.15) is 0 Å². The molecule has 0 spiro atoms. The fraction of sp³-hybridized carbons (Fsp3) is 0.778. The second-order valence-electron chi connectivity index (χ2n) is 3.63. The topological polar surface area (TPSA) is 58.4 Å². The van der Waals surface area contributed by atoms with Crippen LogP contribution in [0, 0.1) is 5.92 Å². The summed E-state index contributed by atoms with van der Waals surface area (Å²) in [5.41, 5.74) is 5.45. The molecule has 0 unspecified atom stereocenters. The van der Waals surface area contributed by atoms with Gasteiger partial charge in [0.1, 0.15) is 0 Å². The van der Waals surface area contributed by atoms with E-state index < -0.39 is 0 Å². The van der Waals surface area contributed by atoms with Gasteiger partial charge in [-0.25, -0.2) is 0 Å². The molecule has 1 aliphatic heterocycles. The summed E-state index contributed by atoms with van der Waals surface area (Å²) in [6.07, 6.45) is 1.81. The quantitative estimate of drug-likeness (QED) is 0.636. The van der Waals surface area contributed by atoms with Gasteiger partial charge in [0.25, 0.3) is 0 Å². The molecule has 1 heterocycles. The molecule has 0 aromatic heterocycles. The smallest absolute Gasteiger partial charge is 0.222 e. The summed E-state index contributed by atoms with van der Waals surface area (Å²) in [4.78, 5) is 14.0. The molecule has 1 aliphatic rings. The zero-order valence-corrected chi connectivity index (χ0v) is 9.27. The van der Waals surface area contributed by atoms with Crippen LogP contribution in [-0.4, -0.2) is 42.5 Å². The fourth-order valence-corrected chi connectivity index (χ4v) is 1.96. The van der Waals surface area contributed by atoms with Crippen molar-refractivity contribution in [1.29, 1.82) is 0 Å². The van der Waals surface area contributed by atoms with Gasteiger partial charge in [-0.15, -0.1) is 0 Å². The van der Waals surface area contributed by atoms with Crippen LogP contribution in [0.4, 0.5) is 0 Å². The summed E-state index contributed by atoms with van der Waals surface area (Å²) in [7, 11) is 1.68. The Bertz CT molecular complexity index is 224. The molecule has 0 saturated carbocycles. The molecule has 1 fully saturated rings. The van der Waals surface area contributed by atoms with Crippen molar-refractivity contribution < 1.29 is 4.79 Å². The zero-order valence-electron chi connectivity index (χ0n) is 8.45. The number of nitrogens with one attached hydrogen (secondary N) is 1. The lowest BCUT2D eigenvalue weighted by Gasteiger charge is -2.30. The largest absolute Gasteiger partial charge is 0.392 e. The zero-order chi connectivity index (χ0) is 10.6. The Hall–Kier alpha value is -0.680. The minimum Gasteiger partial charge on any atom is -0.392 e.